The molecule has 218 valence electrons. The van der Waals surface area contributed by atoms with Crippen molar-refractivity contribution < 1.29 is 19.1 Å². The van der Waals surface area contributed by atoms with Gasteiger partial charge in [-0.3, -0.25) is 9.78 Å². The fourth-order valence-corrected chi connectivity index (χ4v) is 6.20. The Kier molecular flexibility index (Phi) is 8.94. The number of pyridine rings is 3. The van der Waals surface area contributed by atoms with E-state index in [0.29, 0.717) is 36.5 Å². The zero-order chi connectivity index (χ0) is 29.0. The molecular weight excluding hydrogens is 540 g/mol. The van der Waals surface area contributed by atoms with Crippen LogP contribution in [0.1, 0.15) is 57.7 Å². The Morgan fingerprint density at radius 2 is 1.93 bits per heavy atom. The lowest BCUT2D eigenvalue weighted by atomic mass is 9.79. The molecule has 0 bridgehead atoms. The van der Waals surface area contributed by atoms with Crippen molar-refractivity contribution in [1.29, 1.82) is 0 Å². The Bertz CT molecular complexity index is 1400. The van der Waals surface area contributed by atoms with Gasteiger partial charge in [-0.25, -0.2) is 14.8 Å². The van der Waals surface area contributed by atoms with E-state index in [1.54, 1.807) is 19.4 Å². The number of nitrogens with one attached hydrogen (secondary N) is 3. The molecule has 1 saturated carbocycles. The molecular formula is C30H38N6O4S. The van der Waals surface area contributed by atoms with Crippen LogP contribution in [0.25, 0.3) is 11.0 Å². The van der Waals surface area contributed by atoms with E-state index in [-0.39, 0.29) is 17.9 Å². The van der Waals surface area contributed by atoms with Crippen molar-refractivity contribution in [3.63, 3.8) is 0 Å². The van der Waals surface area contributed by atoms with Gasteiger partial charge in [0.25, 0.3) is 0 Å². The number of rotatable bonds is 8. The number of amides is 2. The van der Waals surface area contributed by atoms with E-state index < -0.39 is 11.7 Å². The standard InChI is InChI=1S/C30H38N6O4S/c1-30(2,3)40-29(38)34-23(15-19-13-14-31-22-10-12-26(39-4)36-27(19)22)18-5-7-20(8-6-18)32-16-21-9-11-24-28(33-21)35-25(37)17-41-24/h9-14,18,20,23,32H,5-8,15-17H2,1-4H3,(H,34,38)(H,33,35,37). The third-order valence-corrected chi connectivity index (χ3v) is 8.49. The second kappa shape index (κ2) is 12.6. The van der Waals surface area contributed by atoms with Crippen LogP contribution < -0.4 is 20.7 Å². The number of methoxy groups -OCH3 is 1. The molecule has 1 aliphatic heterocycles. The maximum Gasteiger partial charge on any atom is 0.407 e. The Morgan fingerprint density at radius 1 is 1.12 bits per heavy atom. The summed E-state index contributed by atoms with van der Waals surface area (Å²) in [4.78, 5) is 39.4. The molecule has 1 atom stereocenters. The number of aromatic nitrogens is 3. The fourth-order valence-electron chi connectivity index (χ4n) is 5.45. The third kappa shape index (κ3) is 7.65. The van der Waals surface area contributed by atoms with Gasteiger partial charge >= 0.3 is 6.09 Å². The predicted octanol–water partition coefficient (Wildman–Crippen LogP) is 4.86. The third-order valence-electron chi connectivity index (χ3n) is 7.44. The Balaban J connectivity index is 1.25. The number of hydrogen-bond donors (Lipinski definition) is 3. The lowest BCUT2D eigenvalue weighted by Crippen LogP contribution is -2.46. The molecule has 41 heavy (non-hydrogen) atoms. The first-order valence-electron chi connectivity index (χ1n) is 14.1. The van der Waals surface area contributed by atoms with Crippen molar-refractivity contribution in [2.75, 3.05) is 18.2 Å². The van der Waals surface area contributed by atoms with Crippen LogP contribution in [0.15, 0.2) is 41.4 Å². The topological polar surface area (TPSA) is 127 Å². The lowest BCUT2D eigenvalue weighted by molar-refractivity contribution is -0.113. The number of alkyl carbamates (subject to hydrolysis) is 1. The highest BCUT2D eigenvalue weighted by atomic mass is 32.2. The lowest BCUT2D eigenvalue weighted by Gasteiger charge is -2.35. The van der Waals surface area contributed by atoms with Crippen LogP contribution in [0.4, 0.5) is 10.6 Å². The maximum absolute atomic E-state index is 12.9. The minimum atomic E-state index is -0.583. The molecule has 1 fully saturated rings. The van der Waals surface area contributed by atoms with Gasteiger partial charge in [-0.2, -0.15) is 0 Å². The van der Waals surface area contributed by atoms with E-state index in [9.17, 15) is 9.59 Å². The van der Waals surface area contributed by atoms with Crippen LogP contribution in [-0.4, -0.2) is 57.5 Å². The first-order chi connectivity index (χ1) is 19.7. The smallest absolute Gasteiger partial charge is 0.407 e. The first-order valence-corrected chi connectivity index (χ1v) is 15.1. The summed E-state index contributed by atoms with van der Waals surface area (Å²) in [6, 6.07) is 9.96. The van der Waals surface area contributed by atoms with E-state index in [4.69, 9.17) is 9.47 Å². The van der Waals surface area contributed by atoms with Gasteiger partial charge in [0, 0.05) is 30.9 Å². The molecule has 5 rings (SSSR count). The van der Waals surface area contributed by atoms with Crippen LogP contribution >= 0.6 is 11.8 Å². The number of nitrogens with zero attached hydrogens (tertiary/aromatic N) is 3. The summed E-state index contributed by atoms with van der Waals surface area (Å²) in [5.41, 5.74) is 2.91. The van der Waals surface area contributed by atoms with Crippen molar-refractivity contribution in [2.45, 2.75) is 82.0 Å². The van der Waals surface area contributed by atoms with Crippen LogP contribution in [0.5, 0.6) is 5.88 Å². The Morgan fingerprint density at radius 3 is 2.68 bits per heavy atom. The predicted molar refractivity (Wildman–Crippen MR) is 159 cm³/mol. The first kappa shape index (κ1) is 29.1. The molecule has 0 aromatic carbocycles. The van der Waals surface area contributed by atoms with Gasteiger partial charge in [-0.15, -0.1) is 11.8 Å². The molecule has 2 amide bonds. The minimum absolute atomic E-state index is 0.0114. The fraction of sp³-hybridized carbons (Fsp3) is 0.500. The number of anilines is 1. The second-order valence-corrected chi connectivity index (χ2v) is 12.6. The van der Waals surface area contributed by atoms with Crippen molar-refractivity contribution >= 4 is 40.6 Å². The van der Waals surface area contributed by atoms with Gasteiger partial charge in [0.05, 0.1) is 34.5 Å². The number of fused-ring (bicyclic) bond motifs is 2. The van der Waals surface area contributed by atoms with Crippen LogP contribution in [0.3, 0.4) is 0 Å². The van der Waals surface area contributed by atoms with Crippen molar-refractivity contribution in [3.8, 4) is 5.88 Å². The highest BCUT2D eigenvalue weighted by molar-refractivity contribution is 8.00. The number of ether oxygens (including phenoxy) is 2. The monoisotopic (exact) mass is 578 g/mol. The van der Waals surface area contributed by atoms with Gasteiger partial charge in [-0.1, -0.05) is 0 Å². The van der Waals surface area contributed by atoms with E-state index in [1.807, 2.05) is 45.0 Å². The van der Waals surface area contributed by atoms with Crippen molar-refractivity contribution in [1.82, 2.24) is 25.6 Å². The van der Waals surface area contributed by atoms with Gasteiger partial charge in [0.15, 0.2) is 0 Å². The summed E-state index contributed by atoms with van der Waals surface area (Å²) in [5.74, 6) is 1.89. The molecule has 11 heteroatoms. The molecule has 3 N–H and O–H groups in total. The number of thioether (sulfide) groups is 1. The average Bonchev–Trinajstić information content (AvgIpc) is 2.94. The summed E-state index contributed by atoms with van der Waals surface area (Å²) >= 11 is 1.52. The molecule has 2 aliphatic rings. The SMILES string of the molecule is COc1ccc2nccc(CC(NC(=O)OC(C)(C)C)C3CCC(NCc4ccc5c(n4)NC(=O)CS5)CC3)c2n1. The van der Waals surface area contributed by atoms with E-state index in [2.05, 4.69) is 30.9 Å². The van der Waals surface area contributed by atoms with E-state index in [1.165, 1.54) is 11.8 Å². The minimum Gasteiger partial charge on any atom is -0.481 e. The highest BCUT2D eigenvalue weighted by Gasteiger charge is 2.31. The van der Waals surface area contributed by atoms with Crippen LogP contribution in [-0.2, 0) is 22.5 Å². The molecule has 10 nitrogen and oxygen atoms in total. The van der Waals surface area contributed by atoms with E-state index in [0.717, 1.165) is 52.9 Å². The van der Waals surface area contributed by atoms with E-state index >= 15 is 0 Å². The summed E-state index contributed by atoms with van der Waals surface area (Å²) in [7, 11) is 1.60. The zero-order valence-corrected chi connectivity index (χ0v) is 24.8. The van der Waals surface area contributed by atoms with Crippen molar-refractivity contribution in [2.24, 2.45) is 5.92 Å². The normalized spacial score (nSPS) is 19.7. The largest absolute Gasteiger partial charge is 0.481 e. The zero-order valence-electron chi connectivity index (χ0n) is 24.0. The van der Waals surface area contributed by atoms with Crippen LogP contribution in [0.2, 0.25) is 0 Å². The number of hydrogen-bond acceptors (Lipinski definition) is 9. The number of carbonyl (C=O) groups excluding carboxylic acids is 2. The summed E-state index contributed by atoms with van der Waals surface area (Å²) in [6.45, 7) is 6.25. The van der Waals surface area contributed by atoms with Gasteiger partial charge in [-0.05, 0) is 88.6 Å². The summed E-state index contributed by atoms with van der Waals surface area (Å²) in [5, 5.41) is 9.70. The molecule has 1 unspecified atom stereocenters. The molecule has 4 heterocycles. The summed E-state index contributed by atoms with van der Waals surface area (Å²) in [6.07, 6.45) is 5.88. The molecule has 3 aromatic rings. The van der Waals surface area contributed by atoms with Gasteiger partial charge in [0.1, 0.15) is 11.4 Å². The second-order valence-electron chi connectivity index (χ2n) is 11.6. The van der Waals surface area contributed by atoms with Crippen LogP contribution in [0, 0.1) is 5.92 Å². The molecule has 0 spiro atoms. The van der Waals surface area contributed by atoms with Crippen molar-refractivity contribution in [3.05, 3.63) is 47.8 Å². The van der Waals surface area contributed by atoms with Gasteiger partial charge in [0.2, 0.25) is 11.8 Å². The molecule has 0 saturated heterocycles. The van der Waals surface area contributed by atoms with Gasteiger partial charge < -0.3 is 25.4 Å². The number of carbonyl (C=O) groups is 2. The highest BCUT2D eigenvalue weighted by Crippen LogP contribution is 2.32. The quantitative estimate of drug-likeness (QED) is 0.343. The molecule has 1 aliphatic carbocycles. The average molecular weight is 579 g/mol. The summed E-state index contributed by atoms with van der Waals surface area (Å²) < 4.78 is 11.0. The maximum atomic E-state index is 12.9. The Labute approximate surface area is 244 Å². The Hall–Kier alpha value is -3.44. The molecule has 3 aromatic heterocycles. The molecule has 0 radical (unpaired) electrons.